The van der Waals surface area contributed by atoms with Gasteiger partial charge >= 0.3 is 0 Å². The fourth-order valence-corrected chi connectivity index (χ4v) is 3.43. The van der Waals surface area contributed by atoms with E-state index in [0.717, 1.165) is 23.6 Å². The Hall–Kier alpha value is -0.930. The fourth-order valence-electron chi connectivity index (χ4n) is 3.08. The van der Waals surface area contributed by atoms with Crippen LogP contribution in [0.4, 0.5) is 0 Å². The summed E-state index contributed by atoms with van der Waals surface area (Å²) < 4.78 is 10.6. The van der Waals surface area contributed by atoms with Crippen molar-refractivity contribution in [3.63, 3.8) is 0 Å². The predicted molar refractivity (Wildman–Crippen MR) is 87.6 cm³/mol. The smallest absolute Gasteiger partial charge is 0.161 e. The highest BCUT2D eigenvalue weighted by Gasteiger charge is 2.21. The zero-order valence-electron chi connectivity index (χ0n) is 13.3. The second-order valence-corrected chi connectivity index (χ2v) is 6.34. The molecule has 21 heavy (non-hydrogen) atoms. The number of hydrogen-bond donors (Lipinski definition) is 0. The summed E-state index contributed by atoms with van der Waals surface area (Å²) in [6.45, 7) is 0.863. The Bertz CT molecular complexity index is 446. The Balaban J connectivity index is 2.00. The first-order valence-electron chi connectivity index (χ1n) is 7.72. The van der Waals surface area contributed by atoms with E-state index in [1.54, 1.807) is 14.2 Å². The quantitative estimate of drug-likeness (QED) is 0.733. The lowest BCUT2D eigenvalue weighted by atomic mass is 9.94. The molecular weight excluding hydrogens is 286 g/mol. The highest BCUT2D eigenvalue weighted by molar-refractivity contribution is 6.21. The van der Waals surface area contributed by atoms with Gasteiger partial charge in [0.15, 0.2) is 11.5 Å². The Kier molecular flexibility index (Phi) is 6.19. The molecule has 1 atom stereocenters. The van der Waals surface area contributed by atoms with E-state index in [4.69, 9.17) is 21.1 Å². The Labute approximate surface area is 133 Å². The van der Waals surface area contributed by atoms with Gasteiger partial charge in [0.1, 0.15) is 0 Å². The van der Waals surface area contributed by atoms with Crippen LogP contribution < -0.4 is 9.47 Å². The van der Waals surface area contributed by atoms with Crippen molar-refractivity contribution >= 4 is 11.6 Å². The van der Waals surface area contributed by atoms with Gasteiger partial charge in [0.05, 0.1) is 19.6 Å². The Morgan fingerprint density at radius 1 is 1.14 bits per heavy atom. The van der Waals surface area contributed by atoms with Gasteiger partial charge in [-0.05, 0) is 37.6 Å². The Morgan fingerprint density at radius 2 is 1.81 bits per heavy atom. The second-order valence-electron chi connectivity index (χ2n) is 5.81. The maximum absolute atomic E-state index is 6.61. The van der Waals surface area contributed by atoms with Crippen molar-refractivity contribution in [1.82, 2.24) is 4.90 Å². The van der Waals surface area contributed by atoms with Gasteiger partial charge in [-0.3, -0.25) is 0 Å². The summed E-state index contributed by atoms with van der Waals surface area (Å²) in [4.78, 5) is 2.41. The van der Waals surface area contributed by atoms with Crippen LogP contribution in [0.15, 0.2) is 18.2 Å². The van der Waals surface area contributed by atoms with E-state index in [0.29, 0.717) is 6.04 Å². The van der Waals surface area contributed by atoms with Crippen LogP contribution in [0, 0.1) is 0 Å². The summed E-state index contributed by atoms with van der Waals surface area (Å²) in [6.07, 6.45) is 6.67. The average molecular weight is 312 g/mol. The summed E-state index contributed by atoms with van der Waals surface area (Å²) in [7, 11) is 5.48. The third-order valence-corrected chi connectivity index (χ3v) is 4.81. The lowest BCUT2D eigenvalue weighted by Crippen LogP contribution is -2.35. The van der Waals surface area contributed by atoms with Crippen LogP contribution in [0.5, 0.6) is 11.5 Å². The van der Waals surface area contributed by atoms with Gasteiger partial charge in [0, 0.05) is 12.6 Å². The summed E-state index contributed by atoms with van der Waals surface area (Å²) in [6, 6.07) is 6.60. The molecule has 1 fully saturated rings. The zero-order chi connectivity index (χ0) is 15.2. The number of halogens is 1. The number of methoxy groups -OCH3 is 2. The van der Waals surface area contributed by atoms with Crippen molar-refractivity contribution in [3.05, 3.63) is 23.8 Å². The van der Waals surface area contributed by atoms with E-state index >= 15 is 0 Å². The summed E-state index contributed by atoms with van der Waals surface area (Å²) >= 11 is 6.61. The molecule has 4 heteroatoms. The third-order valence-electron chi connectivity index (χ3n) is 4.42. The van der Waals surface area contributed by atoms with Gasteiger partial charge in [-0.1, -0.05) is 25.3 Å². The number of nitrogens with zero attached hydrogens (tertiary/aromatic N) is 1. The van der Waals surface area contributed by atoms with Crippen LogP contribution in [0.2, 0.25) is 0 Å². The van der Waals surface area contributed by atoms with Crippen LogP contribution in [0.1, 0.15) is 43.0 Å². The Morgan fingerprint density at radius 3 is 2.43 bits per heavy atom. The van der Waals surface area contributed by atoms with Crippen molar-refractivity contribution in [1.29, 1.82) is 0 Å². The minimum Gasteiger partial charge on any atom is -0.493 e. The van der Waals surface area contributed by atoms with E-state index in [2.05, 4.69) is 11.9 Å². The molecule has 1 aromatic rings. The molecule has 0 radical (unpaired) electrons. The first kappa shape index (κ1) is 16.4. The molecule has 1 saturated carbocycles. The highest BCUT2D eigenvalue weighted by atomic mass is 35.5. The largest absolute Gasteiger partial charge is 0.493 e. The van der Waals surface area contributed by atoms with Gasteiger partial charge in [-0.15, -0.1) is 11.6 Å². The molecule has 0 bridgehead atoms. The molecule has 1 aliphatic carbocycles. The lowest BCUT2D eigenvalue weighted by molar-refractivity contribution is 0.192. The molecule has 0 N–H and O–H groups in total. The van der Waals surface area contributed by atoms with Crippen LogP contribution in [-0.2, 0) is 0 Å². The highest BCUT2D eigenvalue weighted by Crippen LogP contribution is 2.33. The van der Waals surface area contributed by atoms with E-state index in [1.807, 2.05) is 18.2 Å². The molecule has 0 aromatic heterocycles. The molecule has 0 amide bonds. The molecule has 3 nitrogen and oxygen atoms in total. The summed E-state index contributed by atoms with van der Waals surface area (Å²) in [5.41, 5.74) is 1.08. The van der Waals surface area contributed by atoms with Crippen molar-refractivity contribution in [2.24, 2.45) is 0 Å². The normalized spacial score (nSPS) is 17.8. The van der Waals surface area contributed by atoms with Crippen LogP contribution in [0.25, 0.3) is 0 Å². The molecular formula is C17H26ClNO2. The average Bonchev–Trinajstić information content (AvgIpc) is 2.54. The molecule has 1 aliphatic rings. The maximum atomic E-state index is 6.61. The molecule has 2 rings (SSSR count). The number of benzene rings is 1. The lowest BCUT2D eigenvalue weighted by Gasteiger charge is -2.32. The SMILES string of the molecule is COc1ccc(C(Cl)CN(C)C2CCCCC2)cc1OC. The van der Waals surface area contributed by atoms with E-state index in [9.17, 15) is 0 Å². The number of ether oxygens (including phenoxy) is 2. The second kappa shape index (κ2) is 7.90. The molecule has 0 heterocycles. The van der Waals surface area contributed by atoms with Gasteiger partial charge in [-0.2, -0.15) is 0 Å². The number of alkyl halides is 1. The third kappa shape index (κ3) is 4.27. The summed E-state index contributed by atoms with van der Waals surface area (Å²) in [5.74, 6) is 1.48. The summed E-state index contributed by atoms with van der Waals surface area (Å²) in [5, 5.41) is -0.0308. The van der Waals surface area contributed by atoms with E-state index < -0.39 is 0 Å². The molecule has 0 spiro atoms. The number of rotatable bonds is 6. The molecule has 0 saturated heterocycles. The fraction of sp³-hybridized carbons (Fsp3) is 0.647. The maximum Gasteiger partial charge on any atom is 0.161 e. The van der Waals surface area contributed by atoms with E-state index in [1.165, 1.54) is 32.1 Å². The molecule has 1 unspecified atom stereocenters. The molecule has 1 aromatic carbocycles. The van der Waals surface area contributed by atoms with Crippen LogP contribution >= 0.6 is 11.6 Å². The van der Waals surface area contributed by atoms with Crippen LogP contribution in [-0.4, -0.2) is 38.8 Å². The van der Waals surface area contributed by atoms with Crippen molar-refractivity contribution < 1.29 is 9.47 Å². The predicted octanol–water partition coefficient (Wildman–Crippen LogP) is 4.25. The van der Waals surface area contributed by atoms with Gasteiger partial charge in [0.2, 0.25) is 0 Å². The van der Waals surface area contributed by atoms with E-state index in [-0.39, 0.29) is 5.38 Å². The first-order valence-corrected chi connectivity index (χ1v) is 8.15. The standard InChI is InChI=1S/C17H26ClNO2/c1-19(14-7-5-4-6-8-14)12-15(18)13-9-10-16(20-2)17(11-13)21-3/h9-11,14-15H,4-8,12H2,1-3H3. The van der Waals surface area contributed by atoms with Crippen molar-refractivity contribution in [2.45, 2.75) is 43.5 Å². The van der Waals surface area contributed by atoms with Gasteiger partial charge in [0.25, 0.3) is 0 Å². The first-order chi connectivity index (χ1) is 10.2. The van der Waals surface area contributed by atoms with Crippen molar-refractivity contribution in [3.8, 4) is 11.5 Å². The number of hydrogen-bond acceptors (Lipinski definition) is 3. The number of likely N-dealkylation sites (N-methyl/N-ethyl adjacent to an activating group) is 1. The van der Waals surface area contributed by atoms with Crippen molar-refractivity contribution in [2.75, 3.05) is 27.8 Å². The monoisotopic (exact) mass is 311 g/mol. The minimum absolute atomic E-state index is 0.0308. The van der Waals surface area contributed by atoms with Gasteiger partial charge in [-0.25, -0.2) is 0 Å². The van der Waals surface area contributed by atoms with Gasteiger partial charge < -0.3 is 14.4 Å². The minimum atomic E-state index is -0.0308. The topological polar surface area (TPSA) is 21.7 Å². The molecule has 118 valence electrons. The zero-order valence-corrected chi connectivity index (χ0v) is 14.0. The molecule has 0 aliphatic heterocycles. The van der Waals surface area contributed by atoms with Crippen LogP contribution in [0.3, 0.4) is 0 Å².